The van der Waals surface area contributed by atoms with Gasteiger partial charge in [0, 0.05) is 5.56 Å². The van der Waals surface area contributed by atoms with Gasteiger partial charge in [-0.3, -0.25) is 4.79 Å². The number of carbonyl (C=O) groups excluding carboxylic acids is 2. The van der Waals surface area contributed by atoms with E-state index in [2.05, 4.69) is 0 Å². The van der Waals surface area contributed by atoms with E-state index < -0.39 is 0 Å². The summed E-state index contributed by atoms with van der Waals surface area (Å²) in [5.41, 5.74) is 1.47. The number of hydrogen-bond acceptors (Lipinski definition) is 3. The number of aldehydes is 1. The van der Waals surface area contributed by atoms with Gasteiger partial charge in [-0.25, -0.2) is 0 Å². The van der Waals surface area contributed by atoms with Crippen molar-refractivity contribution in [3.63, 3.8) is 0 Å². The van der Waals surface area contributed by atoms with E-state index in [1.807, 2.05) is 13.8 Å². The third-order valence-electron chi connectivity index (χ3n) is 2.07. The highest BCUT2D eigenvalue weighted by molar-refractivity contribution is 6.02. The second-order valence-electron chi connectivity index (χ2n) is 3.21. The summed E-state index contributed by atoms with van der Waals surface area (Å²) in [6.07, 6.45) is 0.557. The van der Waals surface area contributed by atoms with Crippen molar-refractivity contribution in [3.8, 4) is 5.75 Å². The third-order valence-corrected chi connectivity index (χ3v) is 2.07. The topological polar surface area (TPSA) is 43.4 Å². The van der Waals surface area contributed by atoms with Gasteiger partial charge in [0.15, 0.2) is 5.78 Å². The predicted molar refractivity (Wildman–Crippen MR) is 57.4 cm³/mol. The number of rotatable bonds is 5. The molecule has 0 bridgehead atoms. The summed E-state index contributed by atoms with van der Waals surface area (Å²) < 4.78 is 5.35. The monoisotopic (exact) mass is 206 g/mol. The van der Waals surface area contributed by atoms with Gasteiger partial charge in [-0.2, -0.15) is 0 Å². The van der Waals surface area contributed by atoms with Crippen molar-refractivity contribution < 1.29 is 14.3 Å². The molecule has 1 aromatic carbocycles. The summed E-state index contributed by atoms with van der Waals surface area (Å²) in [7, 11) is 0. The van der Waals surface area contributed by atoms with Crippen molar-refractivity contribution in [1.29, 1.82) is 0 Å². The zero-order valence-electron chi connectivity index (χ0n) is 8.95. The van der Waals surface area contributed by atoms with Gasteiger partial charge in [0.25, 0.3) is 0 Å². The van der Waals surface area contributed by atoms with Crippen LogP contribution in [0.5, 0.6) is 5.75 Å². The first-order valence-corrected chi connectivity index (χ1v) is 4.89. The molecule has 0 aliphatic rings. The lowest BCUT2D eigenvalue weighted by atomic mass is 10.1. The Bertz CT molecular complexity index is 369. The largest absolute Gasteiger partial charge is 0.494 e. The molecule has 3 heteroatoms. The van der Waals surface area contributed by atoms with E-state index in [0.717, 1.165) is 11.3 Å². The van der Waals surface area contributed by atoms with Gasteiger partial charge in [-0.1, -0.05) is 0 Å². The summed E-state index contributed by atoms with van der Waals surface area (Å²) >= 11 is 0. The first kappa shape index (κ1) is 11.4. The Balaban J connectivity index is 2.90. The molecule has 0 atom stereocenters. The van der Waals surface area contributed by atoms with Crippen LogP contribution in [0.2, 0.25) is 0 Å². The standard InChI is InChI=1S/C12H14O3/c1-3-15-12-5-4-10(8-9(12)2)11(14)6-7-13/h4-5,7-8H,3,6H2,1-2H3. The van der Waals surface area contributed by atoms with Crippen LogP contribution in [0, 0.1) is 6.92 Å². The summed E-state index contributed by atoms with van der Waals surface area (Å²) in [6, 6.07) is 5.19. The van der Waals surface area contributed by atoms with Gasteiger partial charge in [-0.15, -0.1) is 0 Å². The molecule has 0 saturated carbocycles. The van der Waals surface area contributed by atoms with E-state index in [1.54, 1.807) is 18.2 Å². The average molecular weight is 206 g/mol. The second-order valence-corrected chi connectivity index (χ2v) is 3.21. The molecule has 3 nitrogen and oxygen atoms in total. The molecule has 0 amide bonds. The number of ketones is 1. The van der Waals surface area contributed by atoms with Crippen LogP contribution < -0.4 is 4.74 Å². The number of carbonyl (C=O) groups is 2. The first-order chi connectivity index (χ1) is 7.19. The minimum absolute atomic E-state index is 0.0621. The lowest BCUT2D eigenvalue weighted by molar-refractivity contribution is -0.107. The average Bonchev–Trinajstić information content (AvgIpc) is 2.21. The number of benzene rings is 1. The molecule has 0 aliphatic heterocycles. The predicted octanol–water partition coefficient (Wildman–Crippen LogP) is 2.17. The highest BCUT2D eigenvalue weighted by atomic mass is 16.5. The molecule has 0 radical (unpaired) electrons. The molecular weight excluding hydrogens is 192 g/mol. The number of aryl methyl sites for hydroxylation is 1. The van der Waals surface area contributed by atoms with Gasteiger partial charge in [0.1, 0.15) is 12.0 Å². The van der Waals surface area contributed by atoms with Crippen molar-refractivity contribution in [1.82, 2.24) is 0 Å². The highest BCUT2D eigenvalue weighted by Gasteiger charge is 2.07. The van der Waals surface area contributed by atoms with E-state index in [-0.39, 0.29) is 12.2 Å². The molecule has 0 aliphatic carbocycles. The molecule has 0 spiro atoms. The lowest BCUT2D eigenvalue weighted by Crippen LogP contribution is -2.01. The normalized spacial score (nSPS) is 9.73. The fraction of sp³-hybridized carbons (Fsp3) is 0.333. The Kier molecular flexibility index (Phi) is 4.03. The minimum Gasteiger partial charge on any atom is -0.494 e. The van der Waals surface area contributed by atoms with E-state index in [1.165, 1.54) is 0 Å². The Morgan fingerprint density at radius 3 is 2.73 bits per heavy atom. The molecule has 1 rings (SSSR count). The molecule has 1 aromatic rings. The zero-order chi connectivity index (χ0) is 11.3. The van der Waals surface area contributed by atoms with Crippen LogP contribution in [0.25, 0.3) is 0 Å². The number of ether oxygens (including phenoxy) is 1. The van der Waals surface area contributed by atoms with Gasteiger partial charge in [0.2, 0.25) is 0 Å². The highest BCUT2D eigenvalue weighted by Crippen LogP contribution is 2.19. The SMILES string of the molecule is CCOc1ccc(C(=O)CC=O)cc1C. The van der Waals surface area contributed by atoms with Crippen LogP contribution in [-0.2, 0) is 4.79 Å². The van der Waals surface area contributed by atoms with Gasteiger partial charge in [0.05, 0.1) is 13.0 Å². The summed E-state index contributed by atoms with van der Waals surface area (Å²) in [6.45, 7) is 4.38. The molecule has 0 N–H and O–H groups in total. The molecule has 0 saturated heterocycles. The maximum absolute atomic E-state index is 11.4. The van der Waals surface area contributed by atoms with Crippen LogP contribution in [0.3, 0.4) is 0 Å². The fourth-order valence-corrected chi connectivity index (χ4v) is 1.33. The van der Waals surface area contributed by atoms with Crippen molar-refractivity contribution in [2.24, 2.45) is 0 Å². The smallest absolute Gasteiger partial charge is 0.169 e. The Morgan fingerprint density at radius 1 is 1.47 bits per heavy atom. The van der Waals surface area contributed by atoms with E-state index in [0.29, 0.717) is 18.5 Å². The molecular formula is C12H14O3. The molecule has 15 heavy (non-hydrogen) atoms. The van der Waals surface area contributed by atoms with Crippen molar-refractivity contribution in [2.75, 3.05) is 6.61 Å². The maximum atomic E-state index is 11.4. The van der Waals surface area contributed by atoms with Gasteiger partial charge < -0.3 is 9.53 Å². The summed E-state index contributed by atoms with van der Waals surface area (Å²) in [5.74, 6) is 0.622. The quantitative estimate of drug-likeness (QED) is 0.421. The molecule has 0 fully saturated rings. The lowest BCUT2D eigenvalue weighted by Gasteiger charge is -2.07. The Labute approximate surface area is 89.1 Å². The molecule has 80 valence electrons. The minimum atomic E-state index is -0.156. The summed E-state index contributed by atoms with van der Waals surface area (Å²) in [4.78, 5) is 21.6. The van der Waals surface area contributed by atoms with Crippen LogP contribution >= 0.6 is 0 Å². The van der Waals surface area contributed by atoms with Crippen LogP contribution in [-0.4, -0.2) is 18.7 Å². The number of Topliss-reactive ketones (excluding diaryl/α,β-unsaturated/α-hetero) is 1. The second kappa shape index (κ2) is 5.29. The zero-order valence-corrected chi connectivity index (χ0v) is 8.95. The van der Waals surface area contributed by atoms with Crippen LogP contribution in [0.1, 0.15) is 29.3 Å². The molecule has 0 aromatic heterocycles. The fourth-order valence-electron chi connectivity index (χ4n) is 1.33. The van der Waals surface area contributed by atoms with Crippen molar-refractivity contribution in [3.05, 3.63) is 29.3 Å². The van der Waals surface area contributed by atoms with Gasteiger partial charge in [-0.05, 0) is 37.6 Å². The van der Waals surface area contributed by atoms with Crippen molar-refractivity contribution >= 4 is 12.1 Å². The van der Waals surface area contributed by atoms with Crippen molar-refractivity contribution in [2.45, 2.75) is 20.3 Å². The first-order valence-electron chi connectivity index (χ1n) is 4.89. The third kappa shape index (κ3) is 2.91. The number of hydrogen-bond donors (Lipinski definition) is 0. The van der Waals surface area contributed by atoms with E-state index in [4.69, 9.17) is 4.74 Å². The van der Waals surface area contributed by atoms with Crippen LogP contribution in [0.4, 0.5) is 0 Å². The Morgan fingerprint density at radius 2 is 2.20 bits per heavy atom. The molecule has 0 heterocycles. The molecule has 0 unspecified atom stereocenters. The van der Waals surface area contributed by atoms with E-state index >= 15 is 0 Å². The maximum Gasteiger partial charge on any atom is 0.169 e. The Hall–Kier alpha value is -1.64. The van der Waals surface area contributed by atoms with Crippen LogP contribution in [0.15, 0.2) is 18.2 Å². The summed E-state index contributed by atoms with van der Waals surface area (Å²) in [5, 5.41) is 0. The van der Waals surface area contributed by atoms with E-state index in [9.17, 15) is 9.59 Å². The van der Waals surface area contributed by atoms with Gasteiger partial charge >= 0.3 is 0 Å².